The zero-order valence-electron chi connectivity index (χ0n) is 13.2. The monoisotopic (exact) mass is 349 g/mol. The molecule has 0 radical (unpaired) electrons. The Morgan fingerprint density at radius 3 is 2.32 bits per heavy atom. The molecule has 0 amide bonds. The fourth-order valence-corrected chi connectivity index (χ4v) is 3.82. The molecule has 0 bridgehead atoms. The molecular weight excluding hydrogens is 334 g/mol. The molecule has 3 N–H and O–H groups in total. The zero-order valence-corrected chi connectivity index (χ0v) is 14.0. The van der Waals surface area contributed by atoms with Crippen molar-refractivity contribution in [3.63, 3.8) is 0 Å². The van der Waals surface area contributed by atoms with Crippen LogP contribution >= 0.6 is 0 Å². The van der Waals surface area contributed by atoms with E-state index in [0.717, 1.165) is 22.0 Å². The van der Waals surface area contributed by atoms with E-state index in [1.54, 1.807) is 6.07 Å². The number of rotatable bonds is 3. The van der Waals surface area contributed by atoms with E-state index in [-0.39, 0.29) is 4.90 Å². The number of para-hydroxylation sites is 1. The number of benzene rings is 3. The summed E-state index contributed by atoms with van der Waals surface area (Å²) in [7, 11) is -3.89. The zero-order chi connectivity index (χ0) is 17.4. The molecule has 0 unspecified atom stereocenters. The van der Waals surface area contributed by atoms with Crippen molar-refractivity contribution in [2.24, 2.45) is 5.14 Å². The number of nitrogens with zero attached hydrogens (tertiary/aromatic N) is 1. The molecule has 1 aromatic heterocycles. The first-order valence-electron chi connectivity index (χ1n) is 7.70. The lowest BCUT2D eigenvalue weighted by Gasteiger charge is -2.13. The average Bonchev–Trinajstić information content (AvgIpc) is 3.05. The van der Waals surface area contributed by atoms with Crippen LogP contribution in [0.15, 0.2) is 77.7 Å². The second kappa shape index (κ2) is 5.84. The predicted molar refractivity (Wildman–Crippen MR) is 98.3 cm³/mol. The summed E-state index contributed by atoms with van der Waals surface area (Å²) in [6, 6.07) is 22.1. The number of sulfonamides is 1. The maximum absolute atomic E-state index is 12.2. The summed E-state index contributed by atoms with van der Waals surface area (Å²) in [5.74, 6) is 0. The lowest BCUT2D eigenvalue weighted by Crippen LogP contribution is -2.14. The van der Waals surface area contributed by atoms with Gasteiger partial charge in [-0.3, -0.25) is 5.10 Å². The molecule has 0 aliphatic rings. The molecule has 0 saturated carbocycles. The summed E-state index contributed by atoms with van der Waals surface area (Å²) in [5.41, 5.74) is 3.63. The van der Waals surface area contributed by atoms with Gasteiger partial charge in [-0.1, -0.05) is 60.7 Å². The van der Waals surface area contributed by atoms with Crippen molar-refractivity contribution in [2.75, 3.05) is 0 Å². The van der Waals surface area contributed by atoms with E-state index in [1.807, 2.05) is 60.7 Å². The largest absolute Gasteiger partial charge is 0.277 e. The molecule has 0 spiro atoms. The van der Waals surface area contributed by atoms with Crippen molar-refractivity contribution in [1.29, 1.82) is 0 Å². The minimum atomic E-state index is -3.89. The normalized spacial score (nSPS) is 11.7. The van der Waals surface area contributed by atoms with Crippen LogP contribution in [0.4, 0.5) is 0 Å². The van der Waals surface area contributed by atoms with E-state index in [9.17, 15) is 8.42 Å². The quantitative estimate of drug-likeness (QED) is 0.593. The van der Waals surface area contributed by atoms with Gasteiger partial charge in [0, 0.05) is 16.5 Å². The molecule has 5 nitrogen and oxygen atoms in total. The van der Waals surface area contributed by atoms with Crippen LogP contribution in [-0.2, 0) is 10.0 Å². The summed E-state index contributed by atoms with van der Waals surface area (Å²) in [6.45, 7) is 0. The second-order valence-electron chi connectivity index (χ2n) is 5.71. The second-order valence-corrected chi connectivity index (χ2v) is 7.24. The molecule has 0 fully saturated rings. The van der Waals surface area contributed by atoms with Gasteiger partial charge in [0.05, 0.1) is 10.4 Å². The lowest BCUT2D eigenvalue weighted by atomic mass is 9.96. The molecule has 0 aliphatic carbocycles. The van der Waals surface area contributed by atoms with E-state index < -0.39 is 10.0 Å². The summed E-state index contributed by atoms with van der Waals surface area (Å²) in [5, 5.41) is 13.8. The first kappa shape index (κ1) is 15.6. The van der Waals surface area contributed by atoms with Gasteiger partial charge in [-0.2, -0.15) is 5.10 Å². The fourth-order valence-electron chi connectivity index (χ4n) is 3.04. The predicted octanol–water partition coefficient (Wildman–Crippen LogP) is 3.54. The third-order valence-corrected chi connectivity index (χ3v) is 5.07. The van der Waals surface area contributed by atoms with Crippen LogP contribution in [0.25, 0.3) is 33.3 Å². The van der Waals surface area contributed by atoms with E-state index >= 15 is 0 Å². The van der Waals surface area contributed by atoms with Gasteiger partial charge in [-0.15, -0.1) is 0 Å². The van der Waals surface area contributed by atoms with E-state index in [4.69, 9.17) is 5.14 Å². The smallest absolute Gasteiger partial charge is 0.238 e. The van der Waals surface area contributed by atoms with Crippen molar-refractivity contribution >= 4 is 20.9 Å². The molecule has 0 atom stereocenters. The third-order valence-electron chi connectivity index (χ3n) is 4.12. The maximum Gasteiger partial charge on any atom is 0.238 e. The molecule has 0 saturated heterocycles. The van der Waals surface area contributed by atoms with Gasteiger partial charge in [0.1, 0.15) is 5.69 Å². The lowest BCUT2D eigenvalue weighted by molar-refractivity contribution is 0.598. The van der Waals surface area contributed by atoms with Gasteiger partial charge in [-0.25, -0.2) is 13.6 Å². The highest BCUT2D eigenvalue weighted by Crippen LogP contribution is 2.38. The highest BCUT2D eigenvalue weighted by molar-refractivity contribution is 7.89. The first-order valence-corrected chi connectivity index (χ1v) is 9.25. The molecule has 4 rings (SSSR count). The highest BCUT2D eigenvalue weighted by Gasteiger charge is 2.21. The van der Waals surface area contributed by atoms with Crippen LogP contribution < -0.4 is 5.14 Å². The number of hydrogen-bond donors (Lipinski definition) is 2. The highest BCUT2D eigenvalue weighted by atomic mass is 32.2. The van der Waals surface area contributed by atoms with Crippen molar-refractivity contribution in [3.05, 3.63) is 72.8 Å². The number of aromatic nitrogens is 2. The molecule has 3 aromatic carbocycles. The van der Waals surface area contributed by atoms with Gasteiger partial charge in [0.25, 0.3) is 0 Å². The van der Waals surface area contributed by atoms with Crippen molar-refractivity contribution in [2.45, 2.75) is 4.90 Å². The van der Waals surface area contributed by atoms with Crippen LogP contribution in [0.5, 0.6) is 0 Å². The van der Waals surface area contributed by atoms with Crippen molar-refractivity contribution in [3.8, 4) is 22.4 Å². The Hall–Kier alpha value is -2.96. The number of aromatic amines is 1. The number of fused-ring (bicyclic) bond motifs is 1. The Kier molecular flexibility index (Phi) is 3.63. The van der Waals surface area contributed by atoms with E-state index in [2.05, 4.69) is 10.2 Å². The molecule has 4 aromatic rings. The van der Waals surface area contributed by atoms with Crippen LogP contribution in [0, 0.1) is 0 Å². The third kappa shape index (κ3) is 2.71. The number of hydrogen-bond acceptors (Lipinski definition) is 3. The number of nitrogens with two attached hydrogens (primary N) is 1. The first-order chi connectivity index (χ1) is 12.1. The van der Waals surface area contributed by atoms with Crippen LogP contribution in [0.1, 0.15) is 0 Å². The number of H-pyrrole nitrogens is 1. The molecule has 0 aliphatic heterocycles. The van der Waals surface area contributed by atoms with Crippen LogP contribution in [0.2, 0.25) is 0 Å². The minimum absolute atomic E-state index is 0.0864. The molecule has 124 valence electrons. The Morgan fingerprint density at radius 2 is 1.56 bits per heavy atom. The van der Waals surface area contributed by atoms with Crippen molar-refractivity contribution in [1.82, 2.24) is 10.2 Å². The summed E-state index contributed by atoms with van der Waals surface area (Å²) < 4.78 is 24.3. The van der Waals surface area contributed by atoms with Crippen LogP contribution in [-0.4, -0.2) is 18.6 Å². The maximum atomic E-state index is 12.2. The Bertz CT molecular complexity index is 1170. The average molecular weight is 349 g/mol. The van der Waals surface area contributed by atoms with E-state index in [1.165, 1.54) is 6.07 Å². The molecular formula is C19H15N3O2S. The minimum Gasteiger partial charge on any atom is -0.277 e. The fraction of sp³-hybridized carbons (Fsp3) is 0. The van der Waals surface area contributed by atoms with Gasteiger partial charge in [0.2, 0.25) is 10.0 Å². The number of primary sulfonamides is 1. The van der Waals surface area contributed by atoms with E-state index in [0.29, 0.717) is 11.3 Å². The van der Waals surface area contributed by atoms with Gasteiger partial charge in [0.15, 0.2) is 0 Å². The molecule has 25 heavy (non-hydrogen) atoms. The Balaban J connectivity index is 2.10. The van der Waals surface area contributed by atoms with Gasteiger partial charge in [-0.05, 0) is 17.7 Å². The topological polar surface area (TPSA) is 88.8 Å². The van der Waals surface area contributed by atoms with Crippen molar-refractivity contribution < 1.29 is 8.42 Å². The summed E-state index contributed by atoms with van der Waals surface area (Å²) in [6.07, 6.45) is 0. The molecule has 1 heterocycles. The SMILES string of the molecule is NS(=O)(=O)c1cccc(-c2n[nH]c3ccccc23)c1-c1ccccc1. The van der Waals surface area contributed by atoms with Gasteiger partial charge < -0.3 is 0 Å². The Labute approximate surface area is 145 Å². The molecule has 6 heteroatoms. The summed E-state index contributed by atoms with van der Waals surface area (Å²) in [4.78, 5) is 0.0864. The summed E-state index contributed by atoms with van der Waals surface area (Å²) >= 11 is 0. The standard InChI is InChI=1S/C19H15N3O2S/c20-25(23,24)17-12-6-10-15(18(17)13-7-2-1-3-8-13)19-14-9-4-5-11-16(14)21-22-19/h1-12H,(H,21,22)(H2,20,23,24). The number of nitrogens with one attached hydrogen (secondary N) is 1. The van der Waals surface area contributed by atoms with Crippen LogP contribution in [0.3, 0.4) is 0 Å². The Morgan fingerprint density at radius 1 is 0.840 bits per heavy atom. The van der Waals surface area contributed by atoms with Gasteiger partial charge >= 0.3 is 0 Å².